The minimum Gasteiger partial charge on any atom is -0.298 e. The van der Waals surface area contributed by atoms with E-state index in [2.05, 4.69) is 37.9 Å². The Kier molecular flexibility index (Phi) is 3.85. The molecule has 1 rings (SSSR count). The van der Waals surface area contributed by atoms with E-state index in [1.54, 1.807) is 12.1 Å². The molecule has 1 unspecified atom stereocenters. The van der Waals surface area contributed by atoms with Crippen molar-refractivity contribution >= 4 is 37.6 Å². The highest BCUT2D eigenvalue weighted by atomic mass is 79.9. The predicted octanol–water partition coefficient (Wildman–Crippen LogP) is 3.35. The zero-order valence-corrected chi connectivity index (χ0v) is 10.6. The molecule has 1 aromatic carbocycles. The number of alkyl halides is 1. The minimum atomic E-state index is -0.398. The summed E-state index contributed by atoms with van der Waals surface area (Å²) in [6.07, 6.45) is 0. The van der Waals surface area contributed by atoms with Gasteiger partial charge in [0.05, 0.1) is 16.5 Å². The molecular formula is C10H7Br2NO. The minimum absolute atomic E-state index is 0.0103. The second-order valence-electron chi connectivity index (χ2n) is 2.82. The lowest BCUT2D eigenvalue weighted by Gasteiger charge is -2.08. The molecule has 0 radical (unpaired) electrons. The zero-order chi connectivity index (χ0) is 10.7. The van der Waals surface area contributed by atoms with Crippen LogP contribution in [-0.4, -0.2) is 5.78 Å². The molecule has 0 fully saturated rings. The molecule has 0 saturated heterocycles. The summed E-state index contributed by atoms with van der Waals surface area (Å²) in [6.45, 7) is 1.49. The van der Waals surface area contributed by atoms with Crippen LogP contribution in [0.2, 0.25) is 0 Å². The van der Waals surface area contributed by atoms with Gasteiger partial charge >= 0.3 is 0 Å². The highest BCUT2D eigenvalue weighted by Gasteiger charge is 2.16. The lowest BCUT2D eigenvalue weighted by molar-refractivity contribution is -0.116. The van der Waals surface area contributed by atoms with Gasteiger partial charge < -0.3 is 0 Å². The molecule has 4 heteroatoms. The van der Waals surface area contributed by atoms with Gasteiger partial charge in [0.25, 0.3) is 0 Å². The van der Waals surface area contributed by atoms with Gasteiger partial charge in [-0.05, 0) is 24.6 Å². The van der Waals surface area contributed by atoms with Crippen LogP contribution in [0.4, 0.5) is 0 Å². The molecule has 0 amide bonds. The van der Waals surface area contributed by atoms with Crippen LogP contribution in [0.5, 0.6) is 0 Å². The average molecular weight is 317 g/mol. The van der Waals surface area contributed by atoms with Crippen molar-refractivity contribution < 1.29 is 4.79 Å². The third-order valence-corrected chi connectivity index (χ3v) is 3.40. The van der Waals surface area contributed by atoms with Gasteiger partial charge in [0.15, 0.2) is 0 Å². The van der Waals surface area contributed by atoms with Crippen molar-refractivity contribution in [3.05, 3.63) is 33.8 Å². The topological polar surface area (TPSA) is 40.9 Å². The van der Waals surface area contributed by atoms with Crippen LogP contribution in [0.15, 0.2) is 22.7 Å². The summed E-state index contributed by atoms with van der Waals surface area (Å²) in [5.41, 5.74) is 1.22. The summed E-state index contributed by atoms with van der Waals surface area (Å²) in [5.74, 6) is -0.0103. The maximum atomic E-state index is 11.1. The van der Waals surface area contributed by atoms with Gasteiger partial charge in [-0.25, -0.2) is 0 Å². The van der Waals surface area contributed by atoms with Crippen molar-refractivity contribution in [2.24, 2.45) is 0 Å². The standard InChI is InChI=1S/C10H7Br2NO/c1-6(14)10(12)9-3-2-8(11)4-7(9)5-13/h2-4,10H,1H3. The number of carbonyl (C=O) groups excluding carboxylic acids is 1. The van der Waals surface area contributed by atoms with E-state index in [-0.39, 0.29) is 5.78 Å². The Morgan fingerprint density at radius 3 is 2.71 bits per heavy atom. The van der Waals surface area contributed by atoms with Crippen LogP contribution >= 0.6 is 31.9 Å². The van der Waals surface area contributed by atoms with Crippen molar-refractivity contribution in [2.45, 2.75) is 11.8 Å². The number of ketones is 1. The molecular weight excluding hydrogens is 310 g/mol. The number of hydrogen-bond acceptors (Lipinski definition) is 2. The Morgan fingerprint density at radius 1 is 1.57 bits per heavy atom. The van der Waals surface area contributed by atoms with E-state index in [1.165, 1.54) is 6.92 Å². The first-order valence-corrected chi connectivity index (χ1v) is 5.61. The third kappa shape index (κ3) is 2.43. The lowest BCUT2D eigenvalue weighted by Crippen LogP contribution is -2.03. The van der Waals surface area contributed by atoms with Gasteiger partial charge in [-0.1, -0.05) is 37.9 Å². The largest absolute Gasteiger partial charge is 0.298 e. The van der Waals surface area contributed by atoms with Gasteiger partial charge in [-0.15, -0.1) is 0 Å². The van der Waals surface area contributed by atoms with E-state index in [9.17, 15) is 4.79 Å². The zero-order valence-electron chi connectivity index (χ0n) is 7.42. The highest BCUT2D eigenvalue weighted by molar-refractivity contribution is 9.10. The van der Waals surface area contributed by atoms with Crippen LogP contribution in [0.3, 0.4) is 0 Å². The smallest absolute Gasteiger partial charge is 0.147 e. The average Bonchev–Trinajstić information content (AvgIpc) is 2.16. The molecule has 0 saturated carbocycles. The summed E-state index contributed by atoms with van der Waals surface area (Å²) >= 11 is 6.52. The summed E-state index contributed by atoms with van der Waals surface area (Å²) in [6, 6.07) is 7.34. The van der Waals surface area contributed by atoms with E-state index in [0.29, 0.717) is 11.1 Å². The van der Waals surface area contributed by atoms with Crippen molar-refractivity contribution in [1.82, 2.24) is 0 Å². The predicted molar refractivity (Wildman–Crippen MR) is 61.2 cm³/mol. The number of hydrogen-bond donors (Lipinski definition) is 0. The van der Waals surface area contributed by atoms with Crippen LogP contribution in [0.1, 0.15) is 22.9 Å². The van der Waals surface area contributed by atoms with Gasteiger partial charge in [0, 0.05) is 4.47 Å². The quantitative estimate of drug-likeness (QED) is 0.785. The first kappa shape index (κ1) is 11.4. The van der Waals surface area contributed by atoms with Crippen molar-refractivity contribution in [2.75, 3.05) is 0 Å². The molecule has 2 nitrogen and oxygen atoms in total. The van der Waals surface area contributed by atoms with Crippen molar-refractivity contribution in [3.63, 3.8) is 0 Å². The van der Waals surface area contributed by atoms with Crippen LogP contribution in [0, 0.1) is 11.3 Å². The molecule has 0 aliphatic carbocycles. The second-order valence-corrected chi connectivity index (χ2v) is 4.65. The molecule has 1 atom stereocenters. The number of nitrogens with zero attached hydrogens (tertiary/aromatic N) is 1. The molecule has 14 heavy (non-hydrogen) atoms. The monoisotopic (exact) mass is 315 g/mol. The Labute approximate surface area is 99.2 Å². The molecule has 1 aromatic rings. The van der Waals surface area contributed by atoms with Crippen molar-refractivity contribution in [1.29, 1.82) is 5.26 Å². The van der Waals surface area contributed by atoms with E-state index in [0.717, 1.165) is 4.47 Å². The SMILES string of the molecule is CC(=O)C(Br)c1ccc(Br)cc1C#N. The van der Waals surface area contributed by atoms with Gasteiger partial charge in [0.2, 0.25) is 0 Å². The Morgan fingerprint density at radius 2 is 2.21 bits per heavy atom. The Balaban J connectivity index is 3.22. The van der Waals surface area contributed by atoms with E-state index < -0.39 is 4.83 Å². The van der Waals surface area contributed by atoms with E-state index >= 15 is 0 Å². The van der Waals surface area contributed by atoms with E-state index in [1.807, 2.05) is 6.07 Å². The van der Waals surface area contributed by atoms with Gasteiger partial charge in [0.1, 0.15) is 5.78 Å². The van der Waals surface area contributed by atoms with Crippen LogP contribution in [-0.2, 0) is 4.79 Å². The first-order valence-electron chi connectivity index (χ1n) is 3.90. The summed E-state index contributed by atoms with van der Waals surface area (Å²) in [7, 11) is 0. The Bertz CT molecular complexity index is 409. The number of Topliss-reactive ketones (excluding diaryl/α,β-unsaturated/α-hetero) is 1. The van der Waals surface area contributed by atoms with Gasteiger partial charge in [-0.2, -0.15) is 5.26 Å². The molecule has 0 N–H and O–H groups in total. The number of rotatable bonds is 2. The molecule has 0 spiro atoms. The maximum absolute atomic E-state index is 11.1. The molecule has 0 aliphatic heterocycles. The fourth-order valence-corrected chi connectivity index (χ4v) is 1.83. The molecule has 0 aromatic heterocycles. The number of benzene rings is 1. The maximum Gasteiger partial charge on any atom is 0.147 e. The molecule has 0 heterocycles. The fraction of sp³-hybridized carbons (Fsp3) is 0.200. The van der Waals surface area contributed by atoms with Crippen LogP contribution < -0.4 is 0 Å². The summed E-state index contributed by atoms with van der Waals surface area (Å²) < 4.78 is 0.834. The first-order chi connectivity index (χ1) is 6.56. The third-order valence-electron chi connectivity index (χ3n) is 1.77. The van der Waals surface area contributed by atoms with E-state index in [4.69, 9.17) is 5.26 Å². The molecule has 0 aliphatic rings. The van der Waals surface area contributed by atoms with Crippen LogP contribution in [0.25, 0.3) is 0 Å². The number of carbonyl (C=O) groups is 1. The molecule has 0 bridgehead atoms. The fourth-order valence-electron chi connectivity index (χ4n) is 1.07. The summed E-state index contributed by atoms with van der Waals surface area (Å²) in [5, 5.41) is 8.87. The highest BCUT2D eigenvalue weighted by Crippen LogP contribution is 2.28. The molecule has 72 valence electrons. The lowest BCUT2D eigenvalue weighted by atomic mass is 10.0. The number of nitriles is 1. The Hall–Kier alpha value is -0.660. The number of halogens is 2. The van der Waals surface area contributed by atoms with Crippen molar-refractivity contribution in [3.8, 4) is 6.07 Å². The summed E-state index contributed by atoms with van der Waals surface area (Å²) in [4.78, 5) is 10.7. The van der Waals surface area contributed by atoms with Gasteiger partial charge in [-0.3, -0.25) is 4.79 Å². The second kappa shape index (κ2) is 4.72. The normalized spacial score (nSPS) is 11.9.